The van der Waals surface area contributed by atoms with E-state index in [9.17, 15) is 13.5 Å². The first-order chi connectivity index (χ1) is 9.20. The monoisotopic (exact) mass is 299 g/mol. The molecule has 1 aromatic carbocycles. The van der Waals surface area contributed by atoms with E-state index in [1.807, 2.05) is 20.8 Å². The van der Waals surface area contributed by atoms with Crippen molar-refractivity contribution in [1.82, 2.24) is 4.31 Å². The zero-order valence-electron chi connectivity index (χ0n) is 11.9. The zero-order chi connectivity index (χ0) is 15.1. The number of benzene rings is 1. The summed E-state index contributed by atoms with van der Waals surface area (Å²) in [5.74, 6) is 0. The normalized spacial score (nSPS) is 24.1. The summed E-state index contributed by atoms with van der Waals surface area (Å²) in [5, 5.41) is 18.8. The van der Waals surface area contributed by atoms with E-state index in [0.717, 1.165) is 5.56 Å². The number of rotatable bonds is 4. The molecule has 6 heteroatoms. The maximum absolute atomic E-state index is 12.7. The summed E-state index contributed by atoms with van der Waals surface area (Å²) in [7, 11) is -3.67. The lowest BCUT2D eigenvalue weighted by atomic mass is 9.82. The molecule has 1 aliphatic heterocycles. The van der Waals surface area contributed by atoms with Crippen LogP contribution >= 0.6 is 0 Å². The van der Waals surface area contributed by atoms with Gasteiger partial charge in [-0.05, 0) is 39.3 Å². The molecule has 1 fully saturated rings. The average Bonchev–Trinajstić information content (AvgIpc) is 2.35. The lowest BCUT2D eigenvalue weighted by Crippen LogP contribution is -2.68. The van der Waals surface area contributed by atoms with Gasteiger partial charge in [-0.25, -0.2) is 8.42 Å². The van der Waals surface area contributed by atoms with Crippen LogP contribution in [0.5, 0.6) is 0 Å². The highest BCUT2D eigenvalue weighted by atomic mass is 32.2. The summed E-state index contributed by atoms with van der Waals surface area (Å²) in [6.07, 6.45) is -0.525. The van der Waals surface area contributed by atoms with Gasteiger partial charge in [-0.15, -0.1) is 0 Å². The second-order valence-corrected chi connectivity index (χ2v) is 7.76. The first-order valence-corrected chi connectivity index (χ1v) is 8.04. The molecular weight excluding hydrogens is 278 g/mol. The highest BCUT2D eigenvalue weighted by Crippen LogP contribution is 2.42. The lowest BCUT2D eigenvalue weighted by Gasteiger charge is -2.54. The van der Waals surface area contributed by atoms with Crippen molar-refractivity contribution in [1.29, 1.82) is 0 Å². The topological polar surface area (TPSA) is 77.8 Å². The minimum Gasteiger partial charge on any atom is -0.394 e. The minimum atomic E-state index is -3.67. The molecule has 0 bridgehead atoms. The van der Waals surface area contributed by atoms with Crippen LogP contribution in [0, 0.1) is 6.92 Å². The maximum Gasteiger partial charge on any atom is 0.243 e. The lowest BCUT2D eigenvalue weighted by molar-refractivity contribution is -0.0617. The molecule has 0 saturated carbocycles. The van der Waals surface area contributed by atoms with E-state index in [0.29, 0.717) is 6.42 Å². The molecule has 2 N–H and O–H groups in total. The van der Waals surface area contributed by atoms with Gasteiger partial charge in [-0.1, -0.05) is 17.7 Å². The van der Waals surface area contributed by atoms with Crippen LogP contribution in [-0.4, -0.2) is 47.2 Å². The van der Waals surface area contributed by atoms with Crippen molar-refractivity contribution >= 4 is 10.0 Å². The molecule has 2 atom stereocenters. The molecule has 0 spiro atoms. The molecule has 5 nitrogen and oxygen atoms in total. The van der Waals surface area contributed by atoms with Crippen molar-refractivity contribution in [2.45, 2.75) is 49.8 Å². The van der Waals surface area contributed by atoms with Crippen molar-refractivity contribution in [2.24, 2.45) is 0 Å². The Balaban J connectivity index is 2.38. The van der Waals surface area contributed by atoms with Gasteiger partial charge in [0.05, 0.1) is 23.6 Å². The molecule has 0 aromatic heterocycles. The highest BCUT2D eigenvalue weighted by molar-refractivity contribution is 7.89. The third kappa shape index (κ3) is 2.48. The van der Waals surface area contributed by atoms with Gasteiger partial charge in [0.1, 0.15) is 0 Å². The number of nitrogens with zero attached hydrogens (tertiary/aromatic N) is 1. The molecule has 1 saturated heterocycles. The first-order valence-electron chi connectivity index (χ1n) is 6.60. The van der Waals surface area contributed by atoms with Gasteiger partial charge < -0.3 is 10.2 Å². The van der Waals surface area contributed by atoms with Crippen LogP contribution in [0.15, 0.2) is 29.2 Å². The van der Waals surface area contributed by atoms with Crippen molar-refractivity contribution in [3.63, 3.8) is 0 Å². The van der Waals surface area contributed by atoms with Gasteiger partial charge in [0.2, 0.25) is 10.0 Å². The molecule has 0 radical (unpaired) electrons. The Morgan fingerprint density at radius 3 is 2.35 bits per heavy atom. The second kappa shape index (κ2) is 5.11. The Labute approximate surface area is 119 Å². The smallest absolute Gasteiger partial charge is 0.243 e. The van der Waals surface area contributed by atoms with E-state index in [1.54, 1.807) is 24.3 Å². The summed E-state index contributed by atoms with van der Waals surface area (Å²) in [6.45, 7) is 5.08. The van der Waals surface area contributed by atoms with Crippen LogP contribution in [0.4, 0.5) is 0 Å². The van der Waals surface area contributed by atoms with Crippen molar-refractivity contribution < 1.29 is 18.6 Å². The van der Waals surface area contributed by atoms with Crippen LogP contribution in [0.2, 0.25) is 0 Å². The summed E-state index contributed by atoms with van der Waals surface area (Å²) in [4.78, 5) is 0.214. The predicted molar refractivity (Wildman–Crippen MR) is 75.8 cm³/mol. The van der Waals surface area contributed by atoms with Crippen molar-refractivity contribution in [3.05, 3.63) is 29.8 Å². The average molecular weight is 299 g/mol. The Kier molecular flexibility index (Phi) is 3.94. The largest absolute Gasteiger partial charge is 0.394 e. The number of hydrogen-bond acceptors (Lipinski definition) is 4. The van der Waals surface area contributed by atoms with Crippen LogP contribution in [0.25, 0.3) is 0 Å². The fourth-order valence-corrected chi connectivity index (χ4v) is 4.77. The molecule has 0 aliphatic carbocycles. The quantitative estimate of drug-likeness (QED) is 0.865. The van der Waals surface area contributed by atoms with Crippen LogP contribution in [0.3, 0.4) is 0 Å². The maximum atomic E-state index is 12.7. The highest BCUT2D eigenvalue weighted by Gasteiger charge is 2.54. The van der Waals surface area contributed by atoms with Crippen molar-refractivity contribution in [3.8, 4) is 0 Å². The fraction of sp³-hybridized carbons (Fsp3) is 0.571. The van der Waals surface area contributed by atoms with Gasteiger partial charge in [-0.3, -0.25) is 0 Å². The van der Waals surface area contributed by atoms with Crippen LogP contribution < -0.4 is 0 Å². The minimum absolute atomic E-state index is 0.214. The molecular formula is C14H21NO4S. The van der Waals surface area contributed by atoms with Gasteiger partial charge in [0.15, 0.2) is 0 Å². The van der Waals surface area contributed by atoms with E-state index in [2.05, 4.69) is 0 Å². The first kappa shape index (κ1) is 15.4. The SMILES string of the molecule is Cc1ccc(S(=O)(=O)N2C(C(O)CO)CC2(C)C)cc1. The van der Waals surface area contributed by atoms with Crippen LogP contribution in [0.1, 0.15) is 25.8 Å². The molecule has 1 aromatic rings. The van der Waals surface area contributed by atoms with Crippen molar-refractivity contribution in [2.75, 3.05) is 6.61 Å². The number of sulfonamides is 1. The van der Waals surface area contributed by atoms with E-state index in [4.69, 9.17) is 5.11 Å². The Bertz CT molecular complexity index is 580. The number of aliphatic hydroxyl groups excluding tert-OH is 2. The number of aliphatic hydroxyl groups is 2. The molecule has 20 heavy (non-hydrogen) atoms. The van der Waals surface area contributed by atoms with E-state index < -0.39 is 34.3 Å². The molecule has 2 rings (SSSR count). The van der Waals surface area contributed by atoms with E-state index >= 15 is 0 Å². The van der Waals surface area contributed by atoms with Crippen LogP contribution in [-0.2, 0) is 10.0 Å². The Hall–Kier alpha value is -0.950. The van der Waals surface area contributed by atoms with Gasteiger partial charge >= 0.3 is 0 Å². The summed E-state index contributed by atoms with van der Waals surface area (Å²) in [6, 6.07) is 6.07. The molecule has 112 valence electrons. The van der Waals surface area contributed by atoms with E-state index in [-0.39, 0.29) is 4.90 Å². The number of hydrogen-bond donors (Lipinski definition) is 2. The zero-order valence-corrected chi connectivity index (χ0v) is 12.8. The summed E-state index contributed by atoms with van der Waals surface area (Å²) in [5.41, 5.74) is 0.434. The van der Waals surface area contributed by atoms with E-state index in [1.165, 1.54) is 4.31 Å². The van der Waals surface area contributed by atoms with Gasteiger partial charge in [-0.2, -0.15) is 4.31 Å². The molecule has 2 unspecified atom stereocenters. The molecule has 1 heterocycles. The summed E-state index contributed by atoms with van der Waals surface area (Å²) < 4.78 is 26.7. The third-order valence-corrected chi connectivity index (χ3v) is 5.97. The third-order valence-electron chi connectivity index (χ3n) is 3.82. The summed E-state index contributed by atoms with van der Waals surface area (Å²) >= 11 is 0. The molecule has 0 amide bonds. The van der Waals surface area contributed by atoms with Gasteiger partial charge in [0.25, 0.3) is 0 Å². The fourth-order valence-electron chi connectivity index (χ4n) is 2.76. The standard InChI is InChI=1S/C14H21NO4S/c1-10-4-6-11(7-5-10)20(18,19)15-12(13(17)9-16)8-14(15,2)3/h4-7,12-13,16-17H,8-9H2,1-3H3. The predicted octanol–water partition coefficient (Wildman–Crippen LogP) is 0.890. The molecule has 1 aliphatic rings. The van der Waals surface area contributed by atoms with Gasteiger partial charge in [0, 0.05) is 5.54 Å². The Morgan fingerprint density at radius 1 is 1.35 bits per heavy atom. The number of aryl methyl sites for hydroxylation is 1. The second-order valence-electron chi connectivity index (χ2n) is 5.95. The Morgan fingerprint density at radius 2 is 1.90 bits per heavy atom.